The van der Waals surface area contributed by atoms with E-state index in [0.717, 1.165) is 16.5 Å². The molecule has 0 aliphatic heterocycles. The van der Waals surface area contributed by atoms with E-state index < -0.39 is 12.0 Å². The fourth-order valence-electron chi connectivity index (χ4n) is 3.42. The number of benzene rings is 2. The molecule has 0 bridgehead atoms. The van der Waals surface area contributed by atoms with Gasteiger partial charge in [-0.25, -0.2) is 4.79 Å². The summed E-state index contributed by atoms with van der Waals surface area (Å²) in [5.41, 5.74) is 2.40. The molecule has 3 aromatic rings. The molecule has 0 aliphatic carbocycles. The van der Waals surface area contributed by atoms with Gasteiger partial charge in [0.15, 0.2) is 0 Å². The van der Waals surface area contributed by atoms with E-state index in [2.05, 4.69) is 15.6 Å². The van der Waals surface area contributed by atoms with Gasteiger partial charge in [-0.3, -0.25) is 9.59 Å². The van der Waals surface area contributed by atoms with E-state index in [1.165, 1.54) is 7.11 Å². The predicted octanol–water partition coefficient (Wildman–Crippen LogP) is 2.59. The van der Waals surface area contributed by atoms with Crippen LogP contribution in [-0.4, -0.2) is 49.6 Å². The zero-order valence-corrected chi connectivity index (χ0v) is 18.1. The molecule has 0 saturated carbocycles. The highest BCUT2D eigenvalue weighted by Crippen LogP contribution is 2.19. The third kappa shape index (κ3) is 5.87. The average Bonchev–Trinajstić information content (AvgIpc) is 3.23. The van der Waals surface area contributed by atoms with Crippen LogP contribution in [0.15, 0.2) is 54.7 Å². The number of aromatic nitrogens is 1. The highest BCUT2D eigenvalue weighted by molar-refractivity contribution is 5.94. The van der Waals surface area contributed by atoms with Crippen molar-refractivity contribution in [1.29, 1.82) is 0 Å². The summed E-state index contributed by atoms with van der Waals surface area (Å²) in [6, 6.07) is 13.7. The number of nitrogens with one attached hydrogen (secondary N) is 3. The topological polar surface area (TPSA) is 110 Å². The normalized spacial score (nSPS) is 11.6. The van der Waals surface area contributed by atoms with Gasteiger partial charge >= 0.3 is 5.97 Å². The number of esters is 1. The van der Waals surface area contributed by atoms with E-state index in [1.807, 2.05) is 30.5 Å². The first-order valence-electron chi connectivity index (χ1n) is 10.4. The van der Waals surface area contributed by atoms with Gasteiger partial charge in [0, 0.05) is 42.0 Å². The summed E-state index contributed by atoms with van der Waals surface area (Å²) in [5.74, 6) is -0.332. The SMILES string of the molecule is COC(=O)[C@@H](Cc1c[nH]c2ccccc12)NC(=O)CCCNC(=O)c1ccc(OC)cc1. The van der Waals surface area contributed by atoms with Gasteiger partial charge in [0.25, 0.3) is 5.91 Å². The summed E-state index contributed by atoms with van der Waals surface area (Å²) in [6.07, 6.45) is 2.76. The molecule has 8 heteroatoms. The Bertz CT molecular complexity index is 1070. The van der Waals surface area contributed by atoms with Crippen molar-refractivity contribution in [3.05, 3.63) is 65.9 Å². The number of para-hydroxylation sites is 1. The van der Waals surface area contributed by atoms with Gasteiger partial charge in [-0.2, -0.15) is 0 Å². The summed E-state index contributed by atoms with van der Waals surface area (Å²) in [4.78, 5) is 39.9. The second kappa shape index (κ2) is 11.0. The predicted molar refractivity (Wildman–Crippen MR) is 121 cm³/mol. The monoisotopic (exact) mass is 437 g/mol. The lowest BCUT2D eigenvalue weighted by molar-refractivity contribution is -0.145. The van der Waals surface area contributed by atoms with Crippen molar-refractivity contribution < 1.29 is 23.9 Å². The van der Waals surface area contributed by atoms with Gasteiger partial charge < -0.3 is 25.1 Å². The van der Waals surface area contributed by atoms with Gasteiger partial charge in [0.05, 0.1) is 14.2 Å². The highest BCUT2D eigenvalue weighted by atomic mass is 16.5. The number of ether oxygens (including phenoxy) is 2. The summed E-state index contributed by atoms with van der Waals surface area (Å²) >= 11 is 0. The van der Waals surface area contributed by atoms with Crippen molar-refractivity contribution in [2.45, 2.75) is 25.3 Å². The lowest BCUT2D eigenvalue weighted by atomic mass is 10.0. The molecule has 2 aromatic carbocycles. The summed E-state index contributed by atoms with van der Waals surface area (Å²) in [6.45, 7) is 0.337. The van der Waals surface area contributed by atoms with E-state index in [0.29, 0.717) is 30.7 Å². The van der Waals surface area contributed by atoms with E-state index in [-0.39, 0.29) is 18.2 Å². The first kappa shape index (κ1) is 22.9. The zero-order chi connectivity index (χ0) is 22.9. The van der Waals surface area contributed by atoms with Crippen LogP contribution in [0.5, 0.6) is 5.75 Å². The minimum absolute atomic E-state index is 0.171. The van der Waals surface area contributed by atoms with Crippen LogP contribution in [-0.2, 0) is 20.7 Å². The maximum absolute atomic E-state index is 12.4. The lowest BCUT2D eigenvalue weighted by Crippen LogP contribution is -2.43. The fourth-order valence-corrected chi connectivity index (χ4v) is 3.42. The number of fused-ring (bicyclic) bond motifs is 1. The summed E-state index contributed by atoms with van der Waals surface area (Å²) < 4.78 is 9.94. The minimum atomic E-state index is -0.791. The number of H-pyrrole nitrogens is 1. The molecule has 168 valence electrons. The number of hydrogen-bond donors (Lipinski definition) is 3. The molecule has 0 saturated heterocycles. The largest absolute Gasteiger partial charge is 0.497 e. The van der Waals surface area contributed by atoms with Gasteiger partial charge in [-0.05, 0) is 42.3 Å². The molecular weight excluding hydrogens is 410 g/mol. The summed E-state index contributed by atoms with van der Waals surface area (Å²) in [5, 5.41) is 6.53. The Balaban J connectivity index is 1.48. The molecule has 3 rings (SSSR count). The molecule has 1 aromatic heterocycles. The number of methoxy groups -OCH3 is 2. The first-order valence-corrected chi connectivity index (χ1v) is 10.4. The number of rotatable bonds is 10. The molecule has 0 radical (unpaired) electrons. The molecule has 1 atom stereocenters. The van der Waals surface area contributed by atoms with Gasteiger partial charge in [0.2, 0.25) is 5.91 Å². The molecule has 0 aliphatic rings. The lowest BCUT2D eigenvalue weighted by Gasteiger charge is -2.16. The van der Waals surface area contributed by atoms with Crippen molar-refractivity contribution in [2.75, 3.05) is 20.8 Å². The minimum Gasteiger partial charge on any atom is -0.497 e. The van der Waals surface area contributed by atoms with Crippen LogP contribution >= 0.6 is 0 Å². The molecule has 0 unspecified atom stereocenters. The molecule has 0 spiro atoms. The van der Waals surface area contributed by atoms with Crippen LogP contribution in [0.4, 0.5) is 0 Å². The van der Waals surface area contributed by atoms with Crippen molar-refractivity contribution in [3.63, 3.8) is 0 Å². The highest BCUT2D eigenvalue weighted by Gasteiger charge is 2.23. The molecule has 32 heavy (non-hydrogen) atoms. The first-order chi connectivity index (χ1) is 15.5. The number of carbonyl (C=O) groups is 3. The maximum Gasteiger partial charge on any atom is 0.328 e. The van der Waals surface area contributed by atoms with Crippen LogP contribution < -0.4 is 15.4 Å². The number of aromatic amines is 1. The number of carbonyl (C=O) groups excluding carboxylic acids is 3. The van der Waals surface area contributed by atoms with Crippen molar-refractivity contribution in [3.8, 4) is 5.75 Å². The van der Waals surface area contributed by atoms with Crippen LogP contribution in [0, 0.1) is 0 Å². The Kier molecular flexibility index (Phi) is 7.85. The maximum atomic E-state index is 12.4. The third-order valence-electron chi connectivity index (χ3n) is 5.14. The van der Waals surface area contributed by atoms with E-state index in [9.17, 15) is 14.4 Å². The van der Waals surface area contributed by atoms with Crippen LogP contribution in [0.2, 0.25) is 0 Å². The summed E-state index contributed by atoms with van der Waals surface area (Å²) in [7, 11) is 2.86. The second-order valence-corrected chi connectivity index (χ2v) is 7.29. The Morgan fingerprint density at radius 2 is 1.78 bits per heavy atom. The van der Waals surface area contributed by atoms with Crippen molar-refractivity contribution >= 4 is 28.7 Å². The third-order valence-corrected chi connectivity index (χ3v) is 5.14. The number of amides is 2. The number of hydrogen-bond acceptors (Lipinski definition) is 5. The Labute approximate surface area is 186 Å². The second-order valence-electron chi connectivity index (χ2n) is 7.29. The standard InChI is InChI=1S/C24H27N3O5/c1-31-18-11-9-16(10-12-18)23(29)25-13-5-8-22(28)27-21(24(30)32-2)14-17-15-26-20-7-4-3-6-19(17)20/h3-4,6-7,9-12,15,21,26H,5,8,13-14H2,1-2H3,(H,25,29)(H,27,28)/t21-/m1/s1. The molecule has 2 amide bonds. The molecule has 8 nitrogen and oxygen atoms in total. The fraction of sp³-hybridized carbons (Fsp3) is 0.292. The molecule has 3 N–H and O–H groups in total. The van der Waals surface area contributed by atoms with Gasteiger partial charge in [-0.15, -0.1) is 0 Å². The zero-order valence-electron chi connectivity index (χ0n) is 18.1. The Hall–Kier alpha value is -3.81. The van der Waals surface area contributed by atoms with E-state index in [1.54, 1.807) is 31.4 Å². The molecular formula is C24H27N3O5. The smallest absolute Gasteiger partial charge is 0.328 e. The van der Waals surface area contributed by atoms with Gasteiger partial charge in [-0.1, -0.05) is 18.2 Å². The van der Waals surface area contributed by atoms with E-state index in [4.69, 9.17) is 9.47 Å². The van der Waals surface area contributed by atoms with Gasteiger partial charge in [0.1, 0.15) is 11.8 Å². The molecule has 0 fully saturated rings. The quantitative estimate of drug-likeness (QED) is 0.334. The van der Waals surface area contributed by atoms with Crippen LogP contribution in [0.1, 0.15) is 28.8 Å². The van der Waals surface area contributed by atoms with Crippen molar-refractivity contribution in [1.82, 2.24) is 15.6 Å². The van der Waals surface area contributed by atoms with Crippen LogP contribution in [0.25, 0.3) is 10.9 Å². The average molecular weight is 437 g/mol. The Morgan fingerprint density at radius 3 is 2.50 bits per heavy atom. The van der Waals surface area contributed by atoms with Crippen LogP contribution in [0.3, 0.4) is 0 Å². The molecule has 1 heterocycles. The van der Waals surface area contributed by atoms with Crippen molar-refractivity contribution in [2.24, 2.45) is 0 Å². The van der Waals surface area contributed by atoms with E-state index >= 15 is 0 Å². The Morgan fingerprint density at radius 1 is 1.03 bits per heavy atom.